The lowest BCUT2D eigenvalue weighted by atomic mass is 10.3. The van der Waals surface area contributed by atoms with Crippen LogP contribution in [0.25, 0.3) is 0 Å². The second-order valence-electron chi connectivity index (χ2n) is 4.00. The van der Waals surface area contributed by atoms with Gasteiger partial charge in [-0.15, -0.1) is 34.4 Å². The highest BCUT2D eigenvalue weighted by Gasteiger charge is 2.11. The molecule has 0 fully saturated rings. The Kier molecular flexibility index (Phi) is 5.76. The van der Waals surface area contributed by atoms with Crippen LogP contribution in [0.5, 0.6) is 0 Å². The smallest absolute Gasteiger partial charge is 0.230 e. The number of amides is 1. The first kappa shape index (κ1) is 14.9. The summed E-state index contributed by atoms with van der Waals surface area (Å²) in [6.07, 6.45) is 0. The first-order valence-corrected chi connectivity index (χ1v) is 9.03. The maximum Gasteiger partial charge on any atom is 0.230 e. The Balaban J connectivity index is 1.72. The van der Waals surface area contributed by atoms with Crippen molar-refractivity contribution in [2.75, 3.05) is 5.75 Å². The van der Waals surface area contributed by atoms with Gasteiger partial charge in [-0.25, -0.2) is 0 Å². The predicted octanol–water partition coefficient (Wildman–Crippen LogP) is 4.57. The molecule has 102 valence electrons. The summed E-state index contributed by atoms with van der Waals surface area (Å²) in [6.45, 7) is 1.98. The van der Waals surface area contributed by atoms with E-state index in [1.54, 1.807) is 23.1 Å². The molecule has 19 heavy (non-hydrogen) atoms. The Morgan fingerprint density at radius 3 is 2.95 bits per heavy atom. The first-order valence-electron chi connectivity index (χ1n) is 5.80. The van der Waals surface area contributed by atoms with E-state index in [4.69, 9.17) is 11.6 Å². The summed E-state index contributed by atoms with van der Waals surface area (Å²) in [5, 5.41) is 5.04. The average molecular weight is 332 g/mol. The minimum atomic E-state index is 0.0207. The van der Waals surface area contributed by atoms with Gasteiger partial charge in [-0.1, -0.05) is 17.7 Å². The third-order valence-electron chi connectivity index (χ3n) is 2.46. The molecule has 0 bridgehead atoms. The minimum Gasteiger partial charge on any atom is -0.348 e. The molecule has 1 N–H and O–H groups in total. The lowest BCUT2D eigenvalue weighted by Crippen LogP contribution is -2.27. The Morgan fingerprint density at radius 2 is 2.32 bits per heavy atom. The summed E-state index contributed by atoms with van der Waals surface area (Å²) in [5.41, 5.74) is 0. The van der Waals surface area contributed by atoms with E-state index in [9.17, 15) is 4.79 Å². The van der Waals surface area contributed by atoms with Gasteiger partial charge in [-0.2, -0.15) is 0 Å². The van der Waals surface area contributed by atoms with E-state index in [1.807, 2.05) is 25.1 Å². The van der Waals surface area contributed by atoms with Gasteiger partial charge in [0, 0.05) is 15.5 Å². The molecule has 0 radical (unpaired) electrons. The van der Waals surface area contributed by atoms with Gasteiger partial charge in [-0.3, -0.25) is 4.79 Å². The quantitative estimate of drug-likeness (QED) is 0.839. The number of rotatable bonds is 6. The van der Waals surface area contributed by atoms with Crippen molar-refractivity contribution in [3.05, 3.63) is 43.7 Å². The molecule has 0 unspecified atom stereocenters. The van der Waals surface area contributed by atoms with Crippen molar-refractivity contribution >= 4 is 51.9 Å². The van der Waals surface area contributed by atoms with Gasteiger partial charge in [0.15, 0.2) is 0 Å². The van der Waals surface area contributed by atoms with Crippen LogP contribution in [0.4, 0.5) is 0 Å². The molecule has 0 spiro atoms. The van der Waals surface area contributed by atoms with Gasteiger partial charge in [0.05, 0.1) is 16.1 Å². The molecule has 1 atom stereocenters. The molecule has 2 rings (SSSR count). The Bertz CT molecular complexity index is 524. The highest BCUT2D eigenvalue weighted by Crippen LogP contribution is 2.26. The van der Waals surface area contributed by atoms with E-state index in [1.165, 1.54) is 16.2 Å². The molecule has 2 heterocycles. The Hall–Kier alpha value is -0.490. The van der Waals surface area contributed by atoms with E-state index in [2.05, 4.69) is 16.8 Å². The van der Waals surface area contributed by atoms with E-state index in [-0.39, 0.29) is 11.9 Å². The molecule has 2 aromatic heterocycles. The van der Waals surface area contributed by atoms with Gasteiger partial charge in [0.1, 0.15) is 0 Å². The van der Waals surface area contributed by atoms with Gasteiger partial charge in [-0.05, 0) is 30.5 Å². The second kappa shape index (κ2) is 7.33. The highest BCUT2D eigenvalue weighted by molar-refractivity contribution is 7.99. The molecule has 0 saturated heterocycles. The Labute approximate surface area is 130 Å². The standard InChI is InChI=1S/C13H14ClNOS3/c1-9(11-4-5-12(14)19-11)15-13(16)8-17-7-10-3-2-6-18-10/h2-6,9H,7-8H2,1H3,(H,15,16)/t9-/m1/s1. The molecule has 0 saturated carbocycles. The van der Waals surface area contributed by atoms with Crippen LogP contribution < -0.4 is 5.32 Å². The van der Waals surface area contributed by atoms with Crippen LogP contribution in [0.1, 0.15) is 22.7 Å². The topological polar surface area (TPSA) is 29.1 Å². The largest absolute Gasteiger partial charge is 0.348 e. The Morgan fingerprint density at radius 1 is 1.47 bits per heavy atom. The van der Waals surface area contributed by atoms with Gasteiger partial charge >= 0.3 is 0 Å². The van der Waals surface area contributed by atoms with Gasteiger partial charge in [0.2, 0.25) is 5.91 Å². The van der Waals surface area contributed by atoms with Crippen LogP contribution >= 0.6 is 46.0 Å². The van der Waals surface area contributed by atoms with Crippen LogP contribution in [0.2, 0.25) is 4.34 Å². The summed E-state index contributed by atoms with van der Waals surface area (Å²) in [7, 11) is 0. The van der Waals surface area contributed by atoms with Crippen molar-refractivity contribution in [3.63, 3.8) is 0 Å². The van der Waals surface area contributed by atoms with Crippen LogP contribution in [-0.2, 0) is 10.5 Å². The van der Waals surface area contributed by atoms with Crippen LogP contribution in [0, 0.1) is 0 Å². The van der Waals surface area contributed by atoms with Crippen molar-refractivity contribution in [1.82, 2.24) is 5.32 Å². The second-order valence-corrected chi connectivity index (χ2v) is 7.77. The van der Waals surface area contributed by atoms with Gasteiger partial charge in [0.25, 0.3) is 0 Å². The lowest BCUT2D eigenvalue weighted by molar-refractivity contribution is -0.119. The molecule has 0 aliphatic rings. The van der Waals surface area contributed by atoms with E-state index >= 15 is 0 Å². The molecule has 6 heteroatoms. The zero-order chi connectivity index (χ0) is 13.7. The molecular weight excluding hydrogens is 318 g/mol. The average Bonchev–Trinajstić information content (AvgIpc) is 3.00. The summed E-state index contributed by atoms with van der Waals surface area (Å²) < 4.78 is 0.753. The highest BCUT2D eigenvalue weighted by atomic mass is 35.5. The number of nitrogens with one attached hydrogen (secondary N) is 1. The van der Waals surface area contributed by atoms with Crippen molar-refractivity contribution in [2.24, 2.45) is 0 Å². The van der Waals surface area contributed by atoms with Crippen LogP contribution in [-0.4, -0.2) is 11.7 Å². The summed E-state index contributed by atoms with van der Waals surface area (Å²) in [4.78, 5) is 14.2. The molecule has 1 amide bonds. The third kappa shape index (κ3) is 4.84. The van der Waals surface area contributed by atoms with Crippen LogP contribution in [0.15, 0.2) is 29.6 Å². The fourth-order valence-electron chi connectivity index (χ4n) is 1.55. The summed E-state index contributed by atoms with van der Waals surface area (Å²) >= 11 is 10.7. The molecule has 2 aromatic rings. The fourth-order valence-corrected chi connectivity index (χ4v) is 4.30. The number of hydrogen-bond donors (Lipinski definition) is 1. The first-order chi connectivity index (χ1) is 9.15. The summed E-state index contributed by atoms with van der Waals surface area (Å²) in [6, 6.07) is 7.95. The lowest BCUT2D eigenvalue weighted by Gasteiger charge is -2.11. The number of halogens is 1. The molecule has 0 aliphatic heterocycles. The SMILES string of the molecule is C[C@@H](NC(=O)CSCc1cccs1)c1ccc(Cl)s1. The number of thioether (sulfide) groups is 1. The van der Waals surface area contributed by atoms with E-state index < -0.39 is 0 Å². The molecule has 2 nitrogen and oxygen atoms in total. The number of hydrogen-bond acceptors (Lipinski definition) is 4. The zero-order valence-corrected chi connectivity index (χ0v) is 13.6. The van der Waals surface area contributed by atoms with E-state index in [0.717, 1.165) is 15.0 Å². The normalized spacial score (nSPS) is 12.3. The monoisotopic (exact) mass is 331 g/mol. The molecule has 0 aromatic carbocycles. The maximum atomic E-state index is 11.8. The van der Waals surface area contributed by atoms with Crippen molar-refractivity contribution < 1.29 is 4.79 Å². The van der Waals surface area contributed by atoms with Crippen molar-refractivity contribution in [3.8, 4) is 0 Å². The maximum absolute atomic E-state index is 11.8. The molecule has 0 aliphatic carbocycles. The number of carbonyl (C=O) groups excluding carboxylic acids is 1. The number of carbonyl (C=O) groups is 1. The zero-order valence-electron chi connectivity index (χ0n) is 10.4. The van der Waals surface area contributed by atoms with Crippen molar-refractivity contribution in [2.45, 2.75) is 18.7 Å². The van der Waals surface area contributed by atoms with Crippen LogP contribution in [0.3, 0.4) is 0 Å². The van der Waals surface area contributed by atoms with Gasteiger partial charge < -0.3 is 5.32 Å². The summed E-state index contributed by atoms with van der Waals surface area (Å²) in [5.74, 6) is 1.45. The third-order valence-corrected chi connectivity index (χ3v) is 5.91. The number of thiophene rings is 2. The minimum absolute atomic E-state index is 0.0207. The molecular formula is C13H14ClNOS3. The fraction of sp³-hybridized carbons (Fsp3) is 0.308. The predicted molar refractivity (Wildman–Crippen MR) is 86.4 cm³/mol. The van der Waals surface area contributed by atoms with E-state index in [0.29, 0.717) is 5.75 Å². The van der Waals surface area contributed by atoms with Crippen molar-refractivity contribution in [1.29, 1.82) is 0 Å².